The Kier molecular flexibility index (Phi) is 5.26. The van der Waals surface area contributed by atoms with Gasteiger partial charge >= 0.3 is 0 Å². The van der Waals surface area contributed by atoms with Crippen LogP contribution >= 0.6 is 0 Å². The lowest BCUT2D eigenvalue weighted by Crippen LogP contribution is -2.57. The Morgan fingerprint density at radius 1 is 1.19 bits per heavy atom. The van der Waals surface area contributed by atoms with Gasteiger partial charge in [-0.2, -0.15) is 0 Å². The van der Waals surface area contributed by atoms with Crippen molar-refractivity contribution < 1.29 is 5.11 Å². The first kappa shape index (κ1) is 14.0. The molecule has 0 aromatic rings. The van der Waals surface area contributed by atoms with Crippen molar-refractivity contribution in [3.63, 3.8) is 0 Å². The van der Waals surface area contributed by atoms with E-state index in [0.717, 1.165) is 25.9 Å². The molecule has 96 valence electrons. The predicted molar refractivity (Wildman–Crippen MR) is 69.6 cm³/mol. The van der Waals surface area contributed by atoms with Gasteiger partial charge < -0.3 is 5.11 Å². The third-order valence-electron chi connectivity index (χ3n) is 4.61. The Balaban J connectivity index is 2.73. The largest absolute Gasteiger partial charge is 0.391 e. The molecule has 3 unspecified atom stereocenters. The predicted octanol–water partition coefficient (Wildman–Crippen LogP) is 3.05. The van der Waals surface area contributed by atoms with E-state index in [0.29, 0.717) is 5.92 Å². The number of hydrogen-bond acceptors (Lipinski definition) is 2. The minimum Gasteiger partial charge on any atom is -0.391 e. The van der Waals surface area contributed by atoms with Gasteiger partial charge in [-0.05, 0) is 45.2 Å². The molecule has 0 radical (unpaired) electrons. The summed E-state index contributed by atoms with van der Waals surface area (Å²) >= 11 is 0. The van der Waals surface area contributed by atoms with Crippen molar-refractivity contribution in [3.8, 4) is 0 Å². The van der Waals surface area contributed by atoms with Crippen molar-refractivity contribution in [2.24, 2.45) is 5.92 Å². The van der Waals surface area contributed by atoms with Gasteiger partial charge in [-0.15, -0.1) is 0 Å². The zero-order valence-electron chi connectivity index (χ0n) is 11.5. The SMILES string of the molecule is CCC(C)C(O)C(C)(CC)N1CCCCC1. The first-order valence-electron chi connectivity index (χ1n) is 6.99. The third kappa shape index (κ3) is 2.78. The van der Waals surface area contributed by atoms with Crippen LogP contribution in [0.4, 0.5) is 0 Å². The average Bonchev–Trinajstić information content (AvgIpc) is 2.37. The lowest BCUT2D eigenvalue weighted by Gasteiger charge is -2.47. The molecule has 0 aromatic heterocycles. The highest BCUT2D eigenvalue weighted by molar-refractivity contribution is 4.94. The summed E-state index contributed by atoms with van der Waals surface area (Å²) in [5.41, 5.74) is -0.0180. The van der Waals surface area contributed by atoms with Crippen LogP contribution < -0.4 is 0 Å². The summed E-state index contributed by atoms with van der Waals surface area (Å²) in [6.07, 6.45) is 5.85. The minimum absolute atomic E-state index is 0.0180. The summed E-state index contributed by atoms with van der Waals surface area (Å²) in [7, 11) is 0. The number of aliphatic hydroxyl groups is 1. The van der Waals surface area contributed by atoms with Crippen molar-refractivity contribution in [1.82, 2.24) is 4.90 Å². The van der Waals surface area contributed by atoms with Crippen LogP contribution in [0.5, 0.6) is 0 Å². The van der Waals surface area contributed by atoms with Gasteiger partial charge in [0, 0.05) is 5.54 Å². The van der Waals surface area contributed by atoms with Crippen molar-refractivity contribution in [3.05, 3.63) is 0 Å². The summed E-state index contributed by atoms with van der Waals surface area (Å²) in [6.45, 7) is 11.1. The monoisotopic (exact) mass is 227 g/mol. The smallest absolute Gasteiger partial charge is 0.0746 e. The van der Waals surface area contributed by atoms with Crippen molar-refractivity contribution >= 4 is 0 Å². The number of aliphatic hydroxyl groups excluding tert-OH is 1. The van der Waals surface area contributed by atoms with Gasteiger partial charge in [0.1, 0.15) is 0 Å². The molecule has 0 saturated carbocycles. The Morgan fingerprint density at radius 2 is 1.75 bits per heavy atom. The second kappa shape index (κ2) is 6.02. The maximum absolute atomic E-state index is 10.5. The lowest BCUT2D eigenvalue weighted by atomic mass is 9.80. The highest BCUT2D eigenvalue weighted by atomic mass is 16.3. The Bertz CT molecular complexity index is 197. The van der Waals surface area contributed by atoms with E-state index in [9.17, 15) is 5.11 Å². The van der Waals surface area contributed by atoms with Crippen molar-refractivity contribution in [2.75, 3.05) is 13.1 Å². The second-order valence-corrected chi connectivity index (χ2v) is 5.59. The van der Waals surface area contributed by atoms with Crippen LogP contribution in [0.15, 0.2) is 0 Å². The van der Waals surface area contributed by atoms with Crippen LogP contribution in [0.1, 0.15) is 59.8 Å². The van der Waals surface area contributed by atoms with Crippen LogP contribution in [0.25, 0.3) is 0 Å². The second-order valence-electron chi connectivity index (χ2n) is 5.59. The Labute approximate surface area is 101 Å². The molecule has 0 bridgehead atoms. The first-order chi connectivity index (χ1) is 7.56. The topological polar surface area (TPSA) is 23.5 Å². The fraction of sp³-hybridized carbons (Fsp3) is 1.00. The van der Waals surface area contributed by atoms with Crippen LogP contribution in [0, 0.1) is 5.92 Å². The van der Waals surface area contributed by atoms with Crippen molar-refractivity contribution in [1.29, 1.82) is 0 Å². The molecular formula is C14H29NO. The van der Waals surface area contributed by atoms with E-state index in [-0.39, 0.29) is 11.6 Å². The Morgan fingerprint density at radius 3 is 2.19 bits per heavy atom. The zero-order valence-corrected chi connectivity index (χ0v) is 11.5. The molecular weight excluding hydrogens is 198 g/mol. The molecule has 16 heavy (non-hydrogen) atoms. The van der Waals surface area contributed by atoms with Gasteiger partial charge in [-0.25, -0.2) is 0 Å². The van der Waals surface area contributed by atoms with E-state index >= 15 is 0 Å². The van der Waals surface area contributed by atoms with Crippen LogP contribution in [-0.2, 0) is 0 Å². The highest BCUT2D eigenvalue weighted by Crippen LogP contribution is 2.31. The van der Waals surface area contributed by atoms with Gasteiger partial charge in [-0.1, -0.05) is 33.6 Å². The fourth-order valence-electron chi connectivity index (χ4n) is 2.86. The molecule has 1 fully saturated rings. The molecule has 1 aliphatic rings. The van der Waals surface area contributed by atoms with E-state index in [1.54, 1.807) is 0 Å². The van der Waals surface area contributed by atoms with E-state index in [4.69, 9.17) is 0 Å². The quantitative estimate of drug-likeness (QED) is 0.780. The molecule has 1 rings (SSSR count). The molecule has 2 heteroatoms. The number of rotatable bonds is 5. The summed E-state index contributed by atoms with van der Waals surface area (Å²) in [4.78, 5) is 2.52. The van der Waals surface area contributed by atoms with Gasteiger partial charge in [0.2, 0.25) is 0 Å². The van der Waals surface area contributed by atoms with E-state index in [2.05, 4.69) is 32.6 Å². The summed E-state index contributed by atoms with van der Waals surface area (Å²) in [6, 6.07) is 0. The molecule has 1 saturated heterocycles. The Hall–Kier alpha value is -0.0800. The van der Waals surface area contributed by atoms with Crippen LogP contribution in [0.2, 0.25) is 0 Å². The first-order valence-corrected chi connectivity index (χ1v) is 6.99. The fourth-order valence-corrected chi connectivity index (χ4v) is 2.86. The number of likely N-dealkylation sites (tertiary alicyclic amines) is 1. The molecule has 2 nitrogen and oxygen atoms in total. The average molecular weight is 227 g/mol. The minimum atomic E-state index is -0.194. The highest BCUT2D eigenvalue weighted by Gasteiger charge is 2.39. The molecule has 0 spiro atoms. The molecule has 1 heterocycles. The maximum Gasteiger partial charge on any atom is 0.0746 e. The van der Waals surface area contributed by atoms with E-state index in [1.807, 2.05) is 0 Å². The van der Waals surface area contributed by atoms with E-state index in [1.165, 1.54) is 19.3 Å². The zero-order chi connectivity index (χ0) is 12.2. The molecule has 3 atom stereocenters. The van der Waals surface area contributed by atoms with Crippen molar-refractivity contribution in [2.45, 2.75) is 71.4 Å². The summed E-state index contributed by atoms with van der Waals surface area (Å²) in [5, 5.41) is 10.5. The van der Waals surface area contributed by atoms with Gasteiger partial charge in [-0.3, -0.25) is 4.90 Å². The summed E-state index contributed by atoms with van der Waals surface area (Å²) in [5.74, 6) is 0.395. The van der Waals surface area contributed by atoms with Gasteiger partial charge in [0.25, 0.3) is 0 Å². The molecule has 0 amide bonds. The standard InChI is InChI=1S/C14H29NO/c1-5-12(3)13(16)14(4,6-2)15-10-8-7-9-11-15/h12-13,16H,5-11H2,1-4H3. The summed E-state index contributed by atoms with van der Waals surface area (Å²) < 4.78 is 0. The molecule has 0 aliphatic carbocycles. The normalized spacial score (nSPS) is 26.1. The molecule has 1 aliphatic heterocycles. The third-order valence-corrected chi connectivity index (χ3v) is 4.61. The van der Waals surface area contributed by atoms with Crippen LogP contribution in [-0.4, -0.2) is 34.7 Å². The van der Waals surface area contributed by atoms with Crippen LogP contribution in [0.3, 0.4) is 0 Å². The number of nitrogens with zero attached hydrogens (tertiary/aromatic N) is 1. The number of hydrogen-bond donors (Lipinski definition) is 1. The van der Waals surface area contributed by atoms with E-state index < -0.39 is 0 Å². The maximum atomic E-state index is 10.5. The van der Waals surface area contributed by atoms with Gasteiger partial charge in [0.05, 0.1) is 6.10 Å². The molecule has 1 N–H and O–H groups in total. The molecule has 0 aromatic carbocycles. The number of piperidine rings is 1. The van der Waals surface area contributed by atoms with Gasteiger partial charge in [0.15, 0.2) is 0 Å². The lowest BCUT2D eigenvalue weighted by molar-refractivity contribution is -0.0589.